The molecule has 0 radical (unpaired) electrons. The van der Waals surface area contributed by atoms with Crippen LogP contribution in [0.4, 0.5) is 17.2 Å². The van der Waals surface area contributed by atoms with Gasteiger partial charge in [-0.3, -0.25) is 14.7 Å². The van der Waals surface area contributed by atoms with Gasteiger partial charge < -0.3 is 20.3 Å². The van der Waals surface area contributed by atoms with Gasteiger partial charge in [-0.1, -0.05) is 17.7 Å². The maximum atomic E-state index is 13.0. The molecule has 2 aromatic carbocycles. The zero-order chi connectivity index (χ0) is 25.2. The number of aromatic amines is 1. The number of anilines is 3. The number of benzene rings is 2. The Morgan fingerprint density at radius 2 is 2.03 bits per heavy atom. The molecule has 2 aromatic heterocycles. The molecule has 36 heavy (non-hydrogen) atoms. The van der Waals surface area contributed by atoms with Crippen molar-refractivity contribution in [3.8, 4) is 5.75 Å². The summed E-state index contributed by atoms with van der Waals surface area (Å²) >= 11 is 6.34. The molecule has 2 amide bonds. The molecular weight excluding hydrogens is 480 g/mol. The molecule has 182 valence electrons. The topological polar surface area (TPSA) is 112 Å². The fraction of sp³-hybridized carbons (Fsp3) is 0.231. The van der Waals surface area contributed by atoms with E-state index in [0.29, 0.717) is 11.5 Å². The van der Waals surface area contributed by atoms with Gasteiger partial charge in [0.2, 0.25) is 5.91 Å². The summed E-state index contributed by atoms with van der Waals surface area (Å²) in [6.45, 7) is 0. The summed E-state index contributed by atoms with van der Waals surface area (Å²) in [5.41, 5.74) is 3.98. The average Bonchev–Trinajstić information content (AvgIpc) is 3.42. The van der Waals surface area contributed by atoms with E-state index in [-0.39, 0.29) is 28.6 Å². The summed E-state index contributed by atoms with van der Waals surface area (Å²) in [5, 5.41) is 14.7. The number of hydrogen-bond donors (Lipinski definition) is 3. The first-order valence-corrected chi connectivity index (χ1v) is 11.8. The predicted molar refractivity (Wildman–Crippen MR) is 137 cm³/mol. The lowest BCUT2D eigenvalue weighted by molar-refractivity contribution is -0.118. The number of nitrogens with zero attached hydrogens (tertiary/aromatic N) is 3. The Hall–Kier alpha value is -4.11. The van der Waals surface area contributed by atoms with Gasteiger partial charge in [-0.25, -0.2) is 4.98 Å². The average molecular weight is 503 g/mol. The number of nitrogens with one attached hydrogen (secondary N) is 3. The molecule has 0 unspecified atom stereocenters. The molecule has 1 saturated carbocycles. The highest BCUT2D eigenvalue weighted by Crippen LogP contribution is 2.65. The largest absolute Gasteiger partial charge is 0.497 e. The van der Waals surface area contributed by atoms with Crippen LogP contribution in [0.25, 0.3) is 10.9 Å². The van der Waals surface area contributed by atoms with Crippen LogP contribution in [-0.4, -0.2) is 53.1 Å². The van der Waals surface area contributed by atoms with Crippen LogP contribution in [0.2, 0.25) is 5.15 Å². The van der Waals surface area contributed by atoms with Crippen LogP contribution in [0.1, 0.15) is 34.0 Å². The number of rotatable bonds is 5. The van der Waals surface area contributed by atoms with Crippen molar-refractivity contribution in [2.75, 3.05) is 31.8 Å². The fourth-order valence-electron chi connectivity index (χ4n) is 5.05. The number of halogens is 1. The lowest BCUT2D eigenvalue weighted by atomic mass is 9.91. The lowest BCUT2D eigenvalue weighted by Crippen LogP contribution is -2.22. The van der Waals surface area contributed by atoms with Crippen molar-refractivity contribution in [3.05, 3.63) is 70.5 Å². The molecule has 0 bridgehead atoms. The van der Waals surface area contributed by atoms with Crippen molar-refractivity contribution >= 4 is 51.5 Å². The molecule has 9 nitrogen and oxygen atoms in total. The van der Waals surface area contributed by atoms with Gasteiger partial charge in [-0.15, -0.1) is 0 Å². The Bertz CT molecular complexity index is 1560. The van der Waals surface area contributed by atoms with Crippen LogP contribution < -0.4 is 15.4 Å². The number of fused-ring (bicyclic) bond motifs is 3. The van der Waals surface area contributed by atoms with Crippen molar-refractivity contribution in [2.45, 2.75) is 17.8 Å². The number of amides is 2. The minimum Gasteiger partial charge on any atom is -0.497 e. The molecule has 2 aliphatic rings. The highest BCUT2D eigenvalue weighted by molar-refractivity contribution is 6.32. The molecule has 6 rings (SSSR count). The summed E-state index contributed by atoms with van der Waals surface area (Å²) in [5.74, 6) is 1.20. The van der Waals surface area contributed by atoms with Crippen molar-refractivity contribution in [1.29, 1.82) is 0 Å². The number of methoxy groups -OCH3 is 1. The van der Waals surface area contributed by atoms with Gasteiger partial charge in [0.15, 0.2) is 11.0 Å². The number of hydrogen-bond acceptors (Lipinski definition) is 6. The number of carbonyl (C=O) groups is 2. The second kappa shape index (κ2) is 7.96. The van der Waals surface area contributed by atoms with Gasteiger partial charge >= 0.3 is 0 Å². The number of carbonyl (C=O) groups excluding carboxylic acids is 2. The molecule has 1 fully saturated rings. The summed E-state index contributed by atoms with van der Waals surface area (Å²) < 4.78 is 5.39. The number of aromatic nitrogens is 3. The molecule has 1 spiro atoms. The smallest absolute Gasteiger partial charge is 0.271 e. The standard InChI is InChI=1S/C26H23ClN6O3/c1-33(2)24(34)20-9-8-19(22(27)28-20)29-23-15-6-4-13(10-21(15)31-32-23)17-12-26(17)16-11-14(36-3)5-7-18(16)30-25(26)35/h4-11,17H,12H2,1-3H3,(H,30,35)(H2,29,31,32)/t17-,26-/m0/s1. The Labute approximate surface area is 211 Å². The van der Waals surface area contributed by atoms with E-state index in [1.165, 1.54) is 4.90 Å². The van der Waals surface area contributed by atoms with Crippen molar-refractivity contribution in [3.63, 3.8) is 0 Å². The van der Waals surface area contributed by atoms with Crippen molar-refractivity contribution < 1.29 is 14.3 Å². The fourth-order valence-corrected chi connectivity index (χ4v) is 5.25. The third kappa shape index (κ3) is 3.30. The van der Waals surface area contributed by atoms with Crippen LogP contribution in [0, 0.1) is 0 Å². The van der Waals surface area contributed by atoms with E-state index in [2.05, 4.69) is 25.8 Å². The third-order valence-corrected chi connectivity index (χ3v) is 7.33. The summed E-state index contributed by atoms with van der Waals surface area (Å²) in [7, 11) is 4.94. The predicted octanol–water partition coefficient (Wildman–Crippen LogP) is 4.44. The van der Waals surface area contributed by atoms with E-state index in [4.69, 9.17) is 16.3 Å². The maximum Gasteiger partial charge on any atom is 0.271 e. The number of ether oxygens (including phenoxy) is 1. The molecule has 1 aliphatic carbocycles. The normalized spacial score (nSPS) is 19.8. The van der Waals surface area contributed by atoms with E-state index in [1.807, 2.05) is 36.4 Å². The van der Waals surface area contributed by atoms with Gasteiger partial charge in [0.1, 0.15) is 11.4 Å². The van der Waals surface area contributed by atoms with Crippen LogP contribution in [0.3, 0.4) is 0 Å². The Morgan fingerprint density at radius 1 is 1.19 bits per heavy atom. The number of H-pyrrole nitrogens is 1. The van der Waals surface area contributed by atoms with E-state index < -0.39 is 5.41 Å². The number of pyridine rings is 1. The van der Waals surface area contributed by atoms with Gasteiger partial charge in [0.25, 0.3) is 5.91 Å². The second-order valence-electron chi connectivity index (χ2n) is 9.33. The van der Waals surface area contributed by atoms with Gasteiger partial charge in [0, 0.05) is 31.1 Å². The molecule has 3 heterocycles. The highest BCUT2D eigenvalue weighted by atomic mass is 35.5. The van der Waals surface area contributed by atoms with Crippen LogP contribution in [-0.2, 0) is 10.2 Å². The maximum absolute atomic E-state index is 13.0. The molecule has 0 saturated heterocycles. The van der Waals surface area contributed by atoms with Crippen molar-refractivity contribution in [1.82, 2.24) is 20.1 Å². The minimum absolute atomic E-state index is 0.0288. The zero-order valence-corrected chi connectivity index (χ0v) is 20.6. The third-order valence-electron chi connectivity index (χ3n) is 7.04. The van der Waals surface area contributed by atoms with Crippen molar-refractivity contribution in [2.24, 2.45) is 0 Å². The quantitative estimate of drug-likeness (QED) is 0.348. The second-order valence-corrected chi connectivity index (χ2v) is 9.69. The highest BCUT2D eigenvalue weighted by Gasteiger charge is 2.65. The summed E-state index contributed by atoms with van der Waals surface area (Å²) in [6.07, 6.45) is 0.739. The summed E-state index contributed by atoms with van der Waals surface area (Å²) in [6, 6.07) is 15.1. The van der Waals surface area contributed by atoms with Gasteiger partial charge in [0.05, 0.1) is 23.7 Å². The Kier molecular flexibility index (Phi) is 4.94. The van der Waals surface area contributed by atoms with Crippen LogP contribution >= 0.6 is 11.6 Å². The van der Waals surface area contributed by atoms with E-state index >= 15 is 0 Å². The molecule has 3 N–H and O–H groups in total. The zero-order valence-electron chi connectivity index (χ0n) is 19.8. The molecule has 10 heteroatoms. The summed E-state index contributed by atoms with van der Waals surface area (Å²) in [4.78, 5) is 30.8. The van der Waals surface area contributed by atoms with E-state index in [1.54, 1.807) is 33.3 Å². The first-order chi connectivity index (χ1) is 17.3. The minimum atomic E-state index is -0.566. The lowest BCUT2D eigenvalue weighted by Gasteiger charge is -2.11. The van der Waals surface area contributed by atoms with Crippen LogP contribution in [0.15, 0.2) is 48.5 Å². The Morgan fingerprint density at radius 3 is 2.78 bits per heavy atom. The first kappa shape index (κ1) is 22.4. The van der Waals surface area contributed by atoms with Crippen LogP contribution in [0.5, 0.6) is 5.75 Å². The Balaban J connectivity index is 1.27. The molecular formula is C26H23ClN6O3. The van der Waals surface area contributed by atoms with E-state index in [0.717, 1.165) is 39.9 Å². The molecule has 1 aliphatic heterocycles. The van der Waals surface area contributed by atoms with Gasteiger partial charge in [-0.2, -0.15) is 5.10 Å². The monoisotopic (exact) mass is 502 g/mol. The molecule has 2 atom stereocenters. The molecule has 4 aromatic rings. The SMILES string of the molecule is COc1ccc2c(c1)[C@]1(C[C@H]1c1ccc3c(Nc4ccc(C(=O)N(C)C)nc4Cl)n[nH]c3c1)C(=O)N2. The van der Waals surface area contributed by atoms with Gasteiger partial charge in [-0.05, 0) is 60.0 Å². The first-order valence-electron chi connectivity index (χ1n) is 11.4. The van der Waals surface area contributed by atoms with E-state index in [9.17, 15) is 9.59 Å².